The van der Waals surface area contributed by atoms with Crippen molar-refractivity contribution < 1.29 is 4.52 Å². The van der Waals surface area contributed by atoms with Gasteiger partial charge in [-0.1, -0.05) is 17.3 Å². The molecule has 0 unspecified atom stereocenters. The standard InChI is InChI=1S/C18H20N4O2/c1-12-10-14(20-24-12)17-8-5-9-22(17)11-15-18(23)21(2)16-7-4-3-6-13(16)19-15/h3-4,6-7,10,17H,5,8-9,11H2,1-2H3/t17-/m0/s1. The fraction of sp³-hybridized carbons (Fsp3) is 0.389. The minimum atomic E-state index is -0.0318. The molecular weight excluding hydrogens is 304 g/mol. The van der Waals surface area contributed by atoms with Crippen LogP contribution in [0.4, 0.5) is 0 Å². The Balaban J connectivity index is 1.68. The van der Waals surface area contributed by atoms with E-state index in [1.54, 1.807) is 11.6 Å². The van der Waals surface area contributed by atoms with E-state index in [2.05, 4.69) is 15.0 Å². The van der Waals surface area contributed by atoms with Gasteiger partial charge in [-0.3, -0.25) is 9.69 Å². The zero-order chi connectivity index (χ0) is 16.7. The Morgan fingerprint density at radius 1 is 1.33 bits per heavy atom. The summed E-state index contributed by atoms with van der Waals surface area (Å²) in [5.41, 5.74) is 3.21. The maximum atomic E-state index is 12.7. The van der Waals surface area contributed by atoms with Crippen LogP contribution in [0, 0.1) is 6.92 Å². The zero-order valence-corrected chi connectivity index (χ0v) is 13.9. The molecule has 0 amide bonds. The first kappa shape index (κ1) is 15.1. The van der Waals surface area contributed by atoms with Crippen LogP contribution in [0.5, 0.6) is 0 Å². The highest BCUT2D eigenvalue weighted by molar-refractivity contribution is 5.74. The number of fused-ring (bicyclic) bond motifs is 1. The summed E-state index contributed by atoms with van der Waals surface area (Å²) in [7, 11) is 1.80. The molecule has 24 heavy (non-hydrogen) atoms. The van der Waals surface area contributed by atoms with Gasteiger partial charge in [0.25, 0.3) is 5.56 Å². The smallest absolute Gasteiger partial charge is 0.273 e. The van der Waals surface area contributed by atoms with Crippen LogP contribution in [0.1, 0.15) is 36.0 Å². The van der Waals surface area contributed by atoms with Crippen LogP contribution >= 0.6 is 0 Å². The number of likely N-dealkylation sites (tertiary alicyclic amines) is 1. The number of benzene rings is 1. The van der Waals surface area contributed by atoms with Gasteiger partial charge >= 0.3 is 0 Å². The van der Waals surface area contributed by atoms with E-state index in [1.165, 1.54) is 0 Å². The molecule has 1 fully saturated rings. The van der Waals surface area contributed by atoms with E-state index in [9.17, 15) is 4.79 Å². The molecule has 6 nitrogen and oxygen atoms in total. The van der Waals surface area contributed by atoms with E-state index in [0.717, 1.165) is 41.9 Å². The second-order valence-electron chi connectivity index (χ2n) is 6.40. The monoisotopic (exact) mass is 324 g/mol. The van der Waals surface area contributed by atoms with Gasteiger partial charge in [-0.25, -0.2) is 4.98 Å². The molecule has 0 radical (unpaired) electrons. The molecule has 1 atom stereocenters. The van der Waals surface area contributed by atoms with Gasteiger partial charge in [0.05, 0.1) is 17.1 Å². The molecule has 1 aliphatic heterocycles. The molecule has 4 rings (SSSR count). The summed E-state index contributed by atoms with van der Waals surface area (Å²) >= 11 is 0. The van der Waals surface area contributed by atoms with Gasteiger partial charge in [0.15, 0.2) is 0 Å². The normalized spacial score (nSPS) is 18.5. The Bertz CT molecular complexity index is 944. The third-order valence-corrected chi connectivity index (χ3v) is 4.75. The zero-order valence-electron chi connectivity index (χ0n) is 13.9. The first-order chi connectivity index (χ1) is 11.6. The Kier molecular flexibility index (Phi) is 3.69. The minimum Gasteiger partial charge on any atom is -0.361 e. The summed E-state index contributed by atoms with van der Waals surface area (Å²) in [6.07, 6.45) is 2.12. The van der Waals surface area contributed by atoms with E-state index in [1.807, 2.05) is 37.3 Å². The Morgan fingerprint density at radius 3 is 2.96 bits per heavy atom. The van der Waals surface area contributed by atoms with Crippen molar-refractivity contribution in [1.82, 2.24) is 19.6 Å². The number of hydrogen-bond acceptors (Lipinski definition) is 5. The van der Waals surface area contributed by atoms with Gasteiger partial charge in [-0.2, -0.15) is 0 Å². The lowest BCUT2D eigenvalue weighted by molar-refractivity contribution is 0.233. The predicted molar refractivity (Wildman–Crippen MR) is 90.6 cm³/mol. The van der Waals surface area contributed by atoms with Crippen LogP contribution in [0.3, 0.4) is 0 Å². The van der Waals surface area contributed by atoms with E-state index in [-0.39, 0.29) is 11.6 Å². The van der Waals surface area contributed by atoms with Gasteiger partial charge in [0.2, 0.25) is 0 Å². The summed E-state index contributed by atoms with van der Waals surface area (Å²) in [6.45, 7) is 3.37. The minimum absolute atomic E-state index is 0.0318. The van der Waals surface area contributed by atoms with Crippen molar-refractivity contribution in [2.75, 3.05) is 6.54 Å². The average molecular weight is 324 g/mol. The Hall–Kier alpha value is -2.47. The van der Waals surface area contributed by atoms with Gasteiger partial charge < -0.3 is 9.09 Å². The molecule has 0 N–H and O–H groups in total. The van der Waals surface area contributed by atoms with Gasteiger partial charge in [-0.05, 0) is 38.4 Å². The largest absolute Gasteiger partial charge is 0.361 e. The van der Waals surface area contributed by atoms with Crippen LogP contribution in [0.25, 0.3) is 11.0 Å². The molecule has 0 aliphatic carbocycles. The molecule has 3 heterocycles. The quantitative estimate of drug-likeness (QED) is 0.741. The highest BCUT2D eigenvalue weighted by Gasteiger charge is 2.29. The number of nitrogens with zero attached hydrogens (tertiary/aromatic N) is 4. The first-order valence-electron chi connectivity index (χ1n) is 8.25. The lowest BCUT2D eigenvalue weighted by atomic mass is 10.1. The molecule has 0 saturated carbocycles. The lowest BCUT2D eigenvalue weighted by Crippen LogP contribution is -2.30. The van der Waals surface area contributed by atoms with Gasteiger partial charge in [0.1, 0.15) is 17.1 Å². The topological polar surface area (TPSA) is 64.2 Å². The lowest BCUT2D eigenvalue weighted by Gasteiger charge is -2.22. The number of aryl methyl sites for hydroxylation is 2. The highest BCUT2D eigenvalue weighted by atomic mass is 16.5. The maximum absolute atomic E-state index is 12.7. The van der Waals surface area contributed by atoms with Crippen LogP contribution < -0.4 is 5.56 Å². The van der Waals surface area contributed by atoms with E-state index in [0.29, 0.717) is 12.2 Å². The molecule has 3 aromatic rings. The van der Waals surface area contributed by atoms with Crippen molar-refractivity contribution in [3.05, 3.63) is 57.8 Å². The Labute approximate surface area is 139 Å². The summed E-state index contributed by atoms with van der Waals surface area (Å²) in [4.78, 5) is 19.5. The average Bonchev–Trinajstić information content (AvgIpc) is 3.21. The third kappa shape index (κ3) is 2.53. The van der Waals surface area contributed by atoms with Crippen molar-refractivity contribution in [2.24, 2.45) is 7.05 Å². The molecule has 0 spiro atoms. The van der Waals surface area contributed by atoms with E-state index < -0.39 is 0 Å². The Morgan fingerprint density at radius 2 is 2.17 bits per heavy atom. The fourth-order valence-corrected chi connectivity index (χ4v) is 3.53. The summed E-state index contributed by atoms with van der Waals surface area (Å²) in [6, 6.07) is 9.91. The first-order valence-corrected chi connectivity index (χ1v) is 8.25. The van der Waals surface area contributed by atoms with Crippen LogP contribution in [-0.2, 0) is 13.6 Å². The number of rotatable bonds is 3. The highest BCUT2D eigenvalue weighted by Crippen LogP contribution is 2.32. The fourth-order valence-electron chi connectivity index (χ4n) is 3.53. The number of aromatic nitrogens is 3. The summed E-state index contributed by atoms with van der Waals surface area (Å²) in [5.74, 6) is 0.816. The van der Waals surface area contributed by atoms with Crippen molar-refractivity contribution in [1.29, 1.82) is 0 Å². The van der Waals surface area contributed by atoms with Gasteiger partial charge in [-0.15, -0.1) is 0 Å². The third-order valence-electron chi connectivity index (χ3n) is 4.75. The molecule has 6 heteroatoms. The van der Waals surface area contributed by atoms with Crippen molar-refractivity contribution in [3.8, 4) is 0 Å². The van der Waals surface area contributed by atoms with Crippen LogP contribution in [0.2, 0.25) is 0 Å². The van der Waals surface area contributed by atoms with Gasteiger partial charge in [0, 0.05) is 19.7 Å². The van der Waals surface area contributed by atoms with Crippen molar-refractivity contribution in [2.45, 2.75) is 32.4 Å². The second kappa shape index (κ2) is 5.87. The number of hydrogen-bond donors (Lipinski definition) is 0. The molecule has 1 saturated heterocycles. The van der Waals surface area contributed by atoms with Crippen LogP contribution in [0.15, 0.2) is 39.6 Å². The molecule has 124 valence electrons. The molecular formula is C18H20N4O2. The molecule has 0 bridgehead atoms. The van der Waals surface area contributed by atoms with Crippen molar-refractivity contribution in [3.63, 3.8) is 0 Å². The molecule has 1 aromatic carbocycles. The second-order valence-corrected chi connectivity index (χ2v) is 6.40. The summed E-state index contributed by atoms with van der Waals surface area (Å²) in [5, 5.41) is 4.16. The van der Waals surface area contributed by atoms with Crippen LogP contribution in [-0.4, -0.2) is 26.2 Å². The molecule has 2 aromatic heterocycles. The number of para-hydroxylation sites is 2. The SMILES string of the molecule is Cc1cc([C@@H]2CCCN2Cc2nc3ccccc3n(C)c2=O)no1. The van der Waals surface area contributed by atoms with E-state index in [4.69, 9.17) is 4.52 Å². The molecule has 1 aliphatic rings. The summed E-state index contributed by atoms with van der Waals surface area (Å²) < 4.78 is 6.90. The van der Waals surface area contributed by atoms with Crippen molar-refractivity contribution >= 4 is 11.0 Å². The predicted octanol–water partition coefficient (Wildman–Crippen LogP) is 2.57. The maximum Gasteiger partial charge on any atom is 0.273 e. The van der Waals surface area contributed by atoms with E-state index >= 15 is 0 Å².